The van der Waals surface area contributed by atoms with Gasteiger partial charge in [0.1, 0.15) is 18.0 Å². The summed E-state index contributed by atoms with van der Waals surface area (Å²) in [5.41, 5.74) is 2.24. The molecule has 0 unspecified atom stereocenters. The summed E-state index contributed by atoms with van der Waals surface area (Å²) in [6, 6.07) is 18.0. The average molecular weight is 557 g/mol. The number of ether oxygens (including phenoxy) is 2. The van der Waals surface area contributed by atoms with E-state index in [4.69, 9.17) is 9.47 Å². The predicted octanol–water partition coefficient (Wildman–Crippen LogP) is 9.86. The third-order valence-electron chi connectivity index (χ3n) is 4.98. The van der Waals surface area contributed by atoms with Crippen LogP contribution in [0.4, 0.5) is 10.5 Å². The molecule has 5 heteroatoms. The topological polar surface area (TPSA) is 38.8 Å². The lowest BCUT2D eigenvalue weighted by Gasteiger charge is -2.29. The molecule has 3 aromatic rings. The Morgan fingerprint density at radius 1 is 1.00 bits per heavy atom. The van der Waals surface area contributed by atoms with Crippen molar-refractivity contribution in [1.82, 2.24) is 0 Å². The SMILES string of the molecule is C/C=C/CN(C(=O)OC(C)(C)C)c1cc(OCc2ccccc2)c2c(Br)cccc2c1C.CC.CC. The number of benzene rings is 3. The van der Waals surface area contributed by atoms with Crippen molar-refractivity contribution in [1.29, 1.82) is 0 Å². The van der Waals surface area contributed by atoms with Crippen LogP contribution in [0.2, 0.25) is 0 Å². The maximum atomic E-state index is 13.1. The van der Waals surface area contributed by atoms with E-state index in [0.29, 0.717) is 18.9 Å². The van der Waals surface area contributed by atoms with E-state index in [2.05, 4.69) is 22.0 Å². The Hall–Kier alpha value is -2.79. The summed E-state index contributed by atoms with van der Waals surface area (Å²) in [6.07, 6.45) is 3.48. The predicted molar refractivity (Wildman–Crippen MR) is 158 cm³/mol. The van der Waals surface area contributed by atoms with Crippen molar-refractivity contribution >= 4 is 38.5 Å². The van der Waals surface area contributed by atoms with Gasteiger partial charge in [-0.05, 0) is 57.2 Å². The molecule has 3 rings (SSSR count). The molecule has 0 N–H and O–H groups in total. The summed E-state index contributed by atoms with van der Waals surface area (Å²) < 4.78 is 13.0. The number of allylic oxidation sites excluding steroid dienone is 1. The van der Waals surface area contributed by atoms with E-state index in [-0.39, 0.29) is 6.09 Å². The number of fused-ring (bicyclic) bond motifs is 1. The van der Waals surface area contributed by atoms with Crippen molar-refractivity contribution in [3.05, 3.63) is 82.3 Å². The first-order chi connectivity index (χ1) is 17.2. The van der Waals surface area contributed by atoms with E-state index in [1.165, 1.54) is 0 Å². The van der Waals surface area contributed by atoms with Gasteiger partial charge in [-0.15, -0.1) is 0 Å². The van der Waals surface area contributed by atoms with Gasteiger partial charge in [0.15, 0.2) is 0 Å². The molecule has 0 aliphatic carbocycles. The molecule has 0 bridgehead atoms. The lowest BCUT2D eigenvalue weighted by Crippen LogP contribution is -2.37. The van der Waals surface area contributed by atoms with Gasteiger partial charge in [0.05, 0.1) is 5.69 Å². The highest BCUT2D eigenvalue weighted by Gasteiger charge is 2.26. The Kier molecular flexibility index (Phi) is 13.3. The molecule has 0 heterocycles. The first kappa shape index (κ1) is 31.2. The minimum Gasteiger partial charge on any atom is -0.488 e. The van der Waals surface area contributed by atoms with E-state index in [9.17, 15) is 4.79 Å². The summed E-state index contributed by atoms with van der Waals surface area (Å²) in [4.78, 5) is 14.8. The van der Waals surface area contributed by atoms with Gasteiger partial charge < -0.3 is 9.47 Å². The van der Waals surface area contributed by atoms with Gasteiger partial charge in [-0.1, -0.05) is 98.2 Å². The van der Waals surface area contributed by atoms with Crippen LogP contribution in [0.3, 0.4) is 0 Å². The van der Waals surface area contributed by atoms with Crippen LogP contribution in [0, 0.1) is 6.92 Å². The molecule has 0 radical (unpaired) electrons. The van der Waals surface area contributed by atoms with Crippen LogP contribution >= 0.6 is 15.9 Å². The molecule has 1 amide bonds. The third kappa shape index (κ3) is 8.70. The molecule has 0 saturated heterocycles. The summed E-state index contributed by atoms with van der Waals surface area (Å²) in [5, 5.41) is 2.01. The number of amides is 1. The van der Waals surface area contributed by atoms with Crippen molar-refractivity contribution in [3.8, 4) is 5.75 Å². The molecule has 3 aromatic carbocycles. The quantitative estimate of drug-likeness (QED) is 0.284. The summed E-state index contributed by atoms with van der Waals surface area (Å²) in [7, 11) is 0. The number of halogens is 1. The number of carbonyl (C=O) groups is 1. The van der Waals surface area contributed by atoms with Gasteiger partial charge in [-0.2, -0.15) is 0 Å². The van der Waals surface area contributed by atoms with Crippen LogP contribution in [0.5, 0.6) is 5.75 Å². The number of carbonyl (C=O) groups excluding carboxylic acids is 1. The van der Waals surface area contributed by atoms with Crippen LogP contribution in [0.25, 0.3) is 10.8 Å². The zero-order chi connectivity index (χ0) is 27.3. The molecule has 0 spiro atoms. The van der Waals surface area contributed by atoms with E-state index < -0.39 is 5.60 Å². The Morgan fingerprint density at radius 3 is 2.22 bits per heavy atom. The van der Waals surface area contributed by atoms with Gasteiger partial charge >= 0.3 is 6.09 Å². The largest absolute Gasteiger partial charge is 0.488 e. The van der Waals surface area contributed by atoms with Crippen LogP contribution in [0.1, 0.15) is 66.5 Å². The molecule has 0 aromatic heterocycles. The molecule has 4 nitrogen and oxygen atoms in total. The zero-order valence-electron chi connectivity index (χ0n) is 23.3. The lowest BCUT2D eigenvalue weighted by atomic mass is 10.0. The highest BCUT2D eigenvalue weighted by molar-refractivity contribution is 9.10. The third-order valence-corrected chi connectivity index (χ3v) is 5.64. The minimum absolute atomic E-state index is 0.387. The van der Waals surface area contributed by atoms with Crippen LogP contribution in [0.15, 0.2) is 71.2 Å². The van der Waals surface area contributed by atoms with Crippen LogP contribution in [-0.2, 0) is 11.3 Å². The molecule has 36 heavy (non-hydrogen) atoms. The molecular weight excluding hydrogens is 514 g/mol. The van der Waals surface area contributed by atoms with Crippen LogP contribution in [-0.4, -0.2) is 18.2 Å². The number of aryl methyl sites for hydroxylation is 1. The van der Waals surface area contributed by atoms with Crippen molar-refractivity contribution in [2.45, 2.75) is 74.5 Å². The summed E-state index contributed by atoms with van der Waals surface area (Å²) in [5.74, 6) is 0.714. The van der Waals surface area contributed by atoms with Gasteiger partial charge in [-0.25, -0.2) is 4.79 Å². The lowest BCUT2D eigenvalue weighted by molar-refractivity contribution is 0.0584. The number of rotatable bonds is 6. The van der Waals surface area contributed by atoms with Gasteiger partial charge in [0, 0.05) is 22.5 Å². The molecule has 0 fully saturated rings. The van der Waals surface area contributed by atoms with E-state index in [1.807, 2.05) is 123 Å². The second-order valence-electron chi connectivity index (χ2n) is 8.62. The number of nitrogens with zero attached hydrogens (tertiary/aromatic N) is 1. The van der Waals surface area contributed by atoms with Crippen molar-refractivity contribution in [2.24, 2.45) is 0 Å². The van der Waals surface area contributed by atoms with Crippen molar-refractivity contribution in [3.63, 3.8) is 0 Å². The number of anilines is 1. The normalized spacial score (nSPS) is 10.7. The first-order valence-electron chi connectivity index (χ1n) is 12.7. The monoisotopic (exact) mass is 555 g/mol. The molecule has 0 aliphatic rings. The highest BCUT2D eigenvalue weighted by atomic mass is 79.9. The summed E-state index contributed by atoms with van der Waals surface area (Å²) in [6.45, 7) is 18.4. The molecule has 0 saturated carbocycles. The molecule has 0 aliphatic heterocycles. The Bertz CT molecular complexity index is 1120. The van der Waals surface area contributed by atoms with Gasteiger partial charge in [0.25, 0.3) is 0 Å². The fourth-order valence-electron chi connectivity index (χ4n) is 3.46. The Balaban J connectivity index is 0.00000154. The second kappa shape index (κ2) is 15.4. The number of hydrogen-bond donors (Lipinski definition) is 0. The Morgan fingerprint density at radius 2 is 1.64 bits per heavy atom. The first-order valence-corrected chi connectivity index (χ1v) is 13.5. The van der Waals surface area contributed by atoms with Gasteiger partial charge in [0.2, 0.25) is 0 Å². The fourth-order valence-corrected chi connectivity index (χ4v) is 4.02. The maximum Gasteiger partial charge on any atom is 0.415 e. The maximum absolute atomic E-state index is 13.1. The van der Waals surface area contributed by atoms with Gasteiger partial charge in [-0.3, -0.25) is 4.90 Å². The smallest absolute Gasteiger partial charge is 0.415 e. The van der Waals surface area contributed by atoms with E-state index in [1.54, 1.807) is 4.90 Å². The second-order valence-corrected chi connectivity index (χ2v) is 9.47. The molecule has 0 atom stereocenters. The standard InChI is InChI=1S/C27H30BrNO3.2C2H6/c1-6-7-16-29(26(30)32-27(3,4)5)23-17-24(31-18-20-12-9-8-10-13-20)25-21(19(23)2)14-11-15-22(25)28;2*1-2/h6-15,17H,16,18H2,1-5H3;2*1-2H3/b7-6+;;. The minimum atomic E-state index is -0.592. The highest BCUT2D eigenvalue weighted by Crippen LogP contribution is 2.40. The van der Waals surface area contributed by atoms with Crippen molar-refractivity contribution < 1.29 is 14.3 Å². The van der Waals surface area contributed by atoms with E-state index >= 15 is 0 Å². The van der Waals surface area contributed by atoms with E-state index in [0.717, 1.165) is 32.1 Å². The number of hydrogen-bond acceptors (Lipinski definition) is 3. The van der Waals surface area contributed by atoms with Crippen molar-refractivity contribution in [2.75, 3.05) is 11.4 Å². The Labute approximate surface area is 226 Å². The average Bonchev–Trinajstić information content (AvgIpc) is 2.87. The molecule has 196 valence electrons. The fraction of sp³-hybridized carbons (Fsp3) is 0.387. The molecular formula is C31H42BrNO3. The zero-order valence-corrected chi connectivity index (χ0v) is 24.9. The van der Waals surface area contributed by atoms with Crippen LogP contribution < -0.4 is 9.64 Å². The summed E-state index contributed by atoms with van der Waals surface area (Å²) >= 11 is 3.68.